The normalized spacial score (nSPS) is 21.0. The molecule has 3 aromatic rings. The van der Waals surface area contributed by atoms with Crippen molar-refractivity contribution < 1.29 is 46.7 Å². The zero-order valence-electron chi connectivity index (χ0n) is 27.7. The number of aliphatic hydroxyl groups excluding tert-OH is 1. The fraction of sp³-hybridized carbons (Fsp3) is 0.472. The number of fused-ring (bicyclic) bond motifs is 2. The molecular formula is C36H44N2O10S. The van der Waals surface area contributed by atoms with E-state index in [9.17, 15) is 18.3 Å². The smallest absolute Gasteiger partial charge is 0.407 e. The molecule has 0 aromatic heterocycles. The van der Waals surface area contributed by atoms with Gasteiger partial charge in [0.15, 0.2) is 17.8 Å². The first-order valence-electron chi connectivity index (χ1n) is 16.7. The Bertz CT molecular complexity index is 1650. The van der Waals surface area contributed by atoms with Gasteiger partial charge in [-0.05, 0) is 54.2 Å². The topological polar surface area (TPSA) is 142 Å². The molecule has 0 spiro atoms. The number of nitrogens with one attached hydrogen (secondary N) is 1. The van der Waals surface area contributed by atoms with Crippen molar-refractivity contribution >= 4 is 16.1 Å². The van der Waals surface area contributed by atoms with Crippen molar-refractivity contribution in [2.45, 2.75) is 62.5 Å². The Balaban J connectivity index is 1.16. The summed E-state index contributed by atoms with van der Waals surface area (Å²) in [6.45, 7) is 4.95. The zero-order chi connectivity index (χ0) is 34.4. The van der Waals surface area contributed by atoms with Crippen molar-refractivity contribution in [1.82, 2.24) is 9.62 Å². The lowest BCUT2D eigenvalue weighted by atomic mass is 10.0. The van der Waals surface area contributed by atoms with Crippen LogP contribution >= 0.6 is 0 Å². The van der Waals surface area contributed by atoms with Crippen molar-refractivity contribution in [2.24, 2.45) is 11.8 Å². The van der Waals surface area contributed by atoms with Crippen LogP contribution in [-0.4, -0.2) is 88.2 Å². The van der Waals surface area contributed by atoms with Gasteiger partial charge in [0.2, 0.25) is 16.8 Å². The molecule has 1 amide bonds. The van der Waals surface area contributed by atoms with Crippen LogP contribution in [0.15, 0.2) is 77.7 Å². The molecule has 12 nitrogen and oxygen atoms in total. The van der Waals surface area contributed by atoms with E-state index in [0.29, 0.717) is 30.5 Å². The number of aliphatic hydroxyl groups is 1. The fourth-order valence-electron chi connectivity index (χ4n) is 6.26. The summed E-state index contributed by atoms with van der Waals surface area (Å²) < 4.78 is 62.7. The molecule has 3 aliphatic heterocycles. The predicted molar refractivity (Wildman–Crippen MR) is 179 cm³/mol. The molecule has 2 fully saturated rings. The summed E-state index contributed by atoms with van der Waals surface area (Å²) >= 11 is 0. The second-order valence-corrected chi connectivity index (χ2v) is 14.9. The number of alkyl carbamates (subject to hydrolysis) is 1. The molecule has 49 heavy (non-hydrogen) atoms. The third-order valence-corrected chi connectivity index (χ3v) is 10.7. The van der Waals surface area contributed by atoms with E-state index in [0.717, 1.165) is 18.4 Å². The Kier molecular flexibility index (Phi) is 11.3. The number of carbonyl (C=O) groups is 1. The average Bonchev–Trinajstić information content (AvgIpc) is 3.84. The largest absolute Gasteiger partial charge is 0.493 e. The maximum absolute atomic E-state index is 13.9. The van der Waals surface area contributed by atoms with Gasteiger partial charge in [0, 0.05) is 25.6 Å². The summed E-state index contributed by atoms with van der Waals surface area (Å²) in [7, 11) is -4.06. The Labute approximate surface area is 287 Å². The van der Waals surface area contributed by atoms with Crippen LogP contribution in [0.5, 0.6) is 17.2 Å². The van der Waals surface area contributed by atoms with E-state index in [4.69, 9.17) is 28.4 Å². The van der Waals surface area contributed by atoms with E-state index in [1.807, 2.05) is 56.3 Å². The van der Waals surface area contributed by atoms with E-state index in [1.165, 1.54) is 22.0 Å². The van der Waals surface area contributed by atoms with E-state index in [-0.39, 0.29) is 49.6 Å². The van der Waals surface area contributed by atoms with Crippen LogP contribution in [0.4, 0.5) is 4.79 Å². The molecule has 264 valence electrons. The molecule has 3 heterocycles. The summed E-state index contributed by atoms with van der Waals surface area (Å²) in [4.78, 5) is 13.3. The lowest BCUT2D eigenvalue weighted by Gasteiger charge is -2.31. The third kappa shape index (κ3) is 8.84. The van der Waals surface area contributed by atoms with Crippen molar-refractivity contribution in [3.8, 4) is 17.2 Å². The maximum atomic E-state index is 13.9. The molecule has 0 bridgehead atoms. The summed E-state index contributed by atoms with van der Waals surface area (Å²) in [6.07, 6.45) is -1.20. The van der Waals surface area contributed by atoms with Gasteiger partial charge >= 0.3 is 6.09 Å². The molecule has 3 aliphatic rings. The van der Waals surface area contributed by atoms with E-state index >= 15 is 0 Å². The highest BCUT2D eigenvalue weighted by Gasteiger charge is 2.44. The molecule has 2 N–H and O–H groups in total. The quantitative estimate of drug-likeness (QED) is 0.238. The zero-order valence-corrected chi connectivity index (χ0v) is 28.5. The van der Waals surface area contributed by atoms with Crippen molar-refractivity contribution in [2.75, 3.05) is 39.7 Å². The van der Waals surface area contributed by atoms with Crippen LogP contribution in [0.25, 0.3) is 0 Å². The minimum Gasteiger partial charge on any atom is -0.493 e. The Hall–Kier alpha value is -3.88. The predicted octanol–water partition coefficient (Wildman–Crippen LogP) is 4.14. The highest BCUT2D eigenvalue weighted by molar-refractivity contribution is 7.89. The highest BCUT2D eigenvalue weighted by Crippen LogP contribution is 2.35. The van der Waals surface area contributed by atoms with Gasteiger partial charge in [-0.3, -0.25) is 0 Å². The van der Waals surface area contributed by atoms with Gasteiger partial charge in [-0.2, -0.15) is 4.31 Å². The number of carbonyl (C=O) groups excluding carboxylic acids is 1. The second-order valence-electron chi connectivity index (χ2n) is 13.0. The van der Waals surface area contributed by atoms with Crippen LogP contribution in [-0.2, 0) is 37.1 Å². The van der Waals surface area contributed by atoms with E-state index in [2.05, 4.69) is 17.4 Å². The standard InChI is InChI=1S/C36H44N2O10S/c1-24(2)20-38(49(41,42)28-12-13-32-33(19-28)47-23-46-32)21-31(39)30(37-36(40)48-34-22-45-35-29(34)15-17-44-35)18-26-8-10-27(11-9-26)43-16-14-25-6-4-3-5-7-25/h3-13,19,24,29-31,34-35,39H,14-18,20-23H2,1-2H3,(H,37,40). The van der Waals surface area contributed by atoms with Gasteiger partial charge in [0.1, 0.15) is 11.9 Å². The Morgan fingerprint density at radius 2 is 1.76 bits per heavy atom. The summed E-state index contributed by atoms with van der Waals surface area (Å²) in [5.74, 6) is 1.39. The van der Waals surface area contributed by atoms with Crippen LogP contribution < -0.4 is 19.5 Å². The van der Waals surface area contributed by atoms with Gasteiger partial charge in [-0.25, -0.2) is 13.2 Å². The minimum absolute atomic E-state index is 0.0128. The number of sulfonamides is 1. The first kappa shape index (κ1) is 35.0. The van der Waals surface area contributed by atoms with Gasteiger partial charge < -0.3 is 38.8 Å². The number of nitrogens with zero attached hydrogens (tertiary/aromatic N) is 1. The van der Waals surface area contributed by atoms with Gasteiger partial charge in [0.05, 0.1) is 42.8 Å². The summed E-state index contributed by atoms with van der Waals surface area (Å²) in [5, 5.41) is 14.5. The van der Waals surface area contributed by atoms with Crippen molar-refractivity contribution in [3.63, 3.8) is 0 Å². The van der Waals surface area contributed by atoms with Crippen LogP contribution in [0.2, 0.25) is 0 Å². The molecule has 13 heteroatoms. The average molecular weight is 697 g/mol. The number of hydrogen-bond donors (Lipinski definition) is 2. The molecule has 6 rings (SSSR count). The lowest BCUT2D eigenvalue weighted by Crippen LogP contribution is -2.51. The van der Waals surface area contributed by atoms with Crippen LogP contribution in [0.3, 0.4) is 0 Å². The lowest BCUT2D eigenvalue weighted by molar-refractivity contribution is -0.0907. The molecule has 3 aromatic carbocycles. The molecule has 5 atom stereocenters. The van der Waals surface area contributed by atoms with Gasteiger partial charge in [-0.15, -0.1) is 0 Å². The SMILES string of the molecule is CC(C)CN(CC(O)C(Cc1ccc(OCCc2ccccc2)cc1)NC(=O)OC1COC2OCCC12)S(=O)(=O)c1ccc2c(c1)OCO2. The number of rotatable bonds is 15. The van der Waals surface area contributed by atoms with Crippen LogP contribution in [0.1, 0.15) is 31.4 Å². The fourth-order valence-corrected chi connectivity index (χ4v) is 7.90. The van der Waals surface area contributed by atoms with Gasteiger partial charge in [0.25, 0.3) is 0 Å². The monoisotopic (exact) mass is 696 g/mol. The summed E-state index contributed by atoms with van der Waals surface area (Å²) in [6, 6.07) is 21.0. The molecule has 2 saturated heterocycles. The number of ether oxygens (including phenoxy) is 6. The van der Waals surface area contributed by atoms with Crippen LogP contribution in [0, 0.1) is 11.8 Å². The van der Waals surface area contributed by atoms with E-state index in [1.54, 1.807) is 6.07 Å². The highest BCUT2D eigenvalue weighted by atomic mass is 32.2. The van der Waals surface area contributed by atoms with E-state index < -0.39 is 40.7 Å². The first-order valence-corrected chi connectivity index (χ1v) is 18.1. The number of amides is 1. The summed E-state index contributed by atoms with van der Waals surface area (Å²) in [5.41, 5.74) is 1.99. The minimum atomic E-state index is -4.06. The van der Waals surface area contributed by atoms with Crippen molar-refractivity contribution in [1.29, 1.82) is 0 Å². The molecule has 5 unspecified atom stereocenters. The first-order chi connectivity index (χ1) is 23.7. The molecule has 0 aliphatic carbocycles. The molecule has 0 radical (unpaired) electrons. The van der Waals surface area contributed by atoms with Gasteiger partial charge in [-0.1, -0.05) is 56.3 Å². The Morgan fingerprint density at radius 1 is 0.980 bits per heavy atom. The third-order valence-electron chi connectivity index (χ3n) is 8.83. The Morgan fingerprint density at radius 3 is 2.53 bits per heavy atom. The number of benzene rings is 3. The number of hydrogen-bond acceptors (Lipinski definition) is 10. The molecular weight excluding hydrogens is 652 g/mol. The molecule has 0 saturated carbocycles. The van der Waals surface area contributed by atoms with Crippen molar-refractivity contribution in [3.05, 3.63) is 83.9 Å². The second kappa shape index (κ2) is 15.8. The maximum Gasteiger partial charge on any atom is 0.407 e.